The van der Waals surface area contributed by atoms with E-state index in [1.165, 1.54) is 16.9 Å². The molecule has 2 aromatic heterocycles. The van der Waals surface area contributed by atoms with Gasteiger partial charge in [-0.05, 0) is 60.9 Å². The minimum Gasteiger partial charge on any atom is -0.508 e. The molecule has 0 saturated carbocycles. The number of phenols is 1. The Kier molecular flexibility index (Phi) is 2.99. The van der Waals surface area contributed by atoms with Gasteiger partial charge in [-0.1, -0.05) is 23.5 Å². The van der Waals surface area contributed by atoms with Crippen LogP contribution in [-0.2, 0) is 0 Å². The van der Waals surface area contributed by atoms with Gasteiger partial charge >= 0.3 is 0 Å². The Bertz CT molecular complexity index is 1150. The Balaban J connectivity index is 2.00. The van der Waals surface area contributed by atoms with Crippen molar-refractivity contribution in [2.24, 2.45) is 0 Å². The maximum Gasteiger partial charge on any atom is 0.274 e. The highest BCUT2D eigenvalue weighted by molar-refractivity contribution is 7.15. The zero-order valence-electron chi connectivity index (χ0n) is 12.7. The van der Waals surface area contributed by atoms with Crippen molar-refractivity contribution in [3.05, 3.63) is 68.0 Å². The van der Waals surface area contributed by atoms with Crippen LogP contribution in [0.4, 0.5) is 0 Å². The fourth-order valence-corrected chi connectivity index (χ4v) is 3.63. The molecule has 2 heterocycles. The van der Waals surface area contributed by atoms with Crippen LogP contribution >= 0.6 is 11.3 Å². The van der Waals surface area contributed by atoms with Crippen LogP contribution in [0.15, 0.2) is 41.2 Å². The van der Waals surface area contributed by atoms with Crippen molar-refractivity contribution < 1.29 is 5.11 Å². The predicted octanol–water partition coefficient (Wildman–Crippen LogP) is 2.78. The molecule has 0 unspecified atom stereocenters. The van der Waals surface area contributed by atoms with Crippen molar-refractivity contribution in [2.75, 3.05) is 0 Å². The molecule has 1 N–H and O–H groups in total. The highest BCUT2D eigenvalue weighted by Crippen LogP contribution is 2.20. The van der Waals surface area contributed by atoms with Gasteiger partial charge in [0.1, 0.15) is 5.75 Å². The Labute approximate surface area is 136 Å². The second-order valence-corrected chi connectivity index (χ2v) is 6.67. The van der Waals surface area contributed by atoms with Gasteiger partial charge in [-0.3, -0.25) is 4.79 Å². The summed E-state index contributed by atoms with van der Waals surface area (Å²) in [6.07, 6.45) is 1.83. The third-order valence-electron chi connectivity index (χ3n) is 4.05. The molecule has 4 nitrogen and oxygen atoms in total. The van der Waals surface area contributed by atoms with E-state index in [9.17, 15) is 9.90 Å². The molecule has 0 bridgehead atoms. The first-order chi connectivity index (χ1) is 11.0. The standard InChI is InChI=1S/C18H14N2O2S/c1-10-7-14-15(8-11(10)2)20-17(22)16(23-18(20)19-14)9-12-3-5-13(21)6-4-12/h3-9,21H,1-2H3/b16-9-. The fourth-order valence-electron chi connectivity index (χ4n) is 2.64. The number of nitrogens with zero attached hydrogens (tertiary/aromatic N) is 2. The minimum absolute atomic E-state index is 0.0520. The monoisotopic (exact) mass is 322 g/mol. The van der Waals surface area contributed by atoms with Gasteiger partial charge in [0.25, 0.3) is 5.56 Å². The average molecular weight is 322 g/mol. The quantitative estimate of drug-likeness (QED) is 0.586. The van der Waals surface area contributed by atoms with E-state index in [4.69, 9.17) is 0 Å². The molecule has 0 radical (unpaired) electrons. The maximum absolute atomic E-state index is 12.7. The lowest BCUT2D eigenvalue weighted by atomic mass is 10.1. The summed E-state index contributed by atoms with van der Waals surface area (Å²) in [5.74, 6) is 0.210. The maximum atomic E-state index is 12.7. The molecule has 0 spiro atoms. The molecule has 4 rings (SSSR count). The first-order valence-corrected chi connectivity index (χ1v) is 8.07. The summed E-state index contributed by atoms with van der Waals surface area (Å²) in [7, 11) is 0. The zero-order chi connectivity index (χ0) is 16.1. The van der Waals surface area contributed by atoms with Gasteiger partial charge in [0.15, 0.2) is 4.96 Å². The third kappa shape index (κ3) is 2.21. The molecule has 4 aromatic rings. The van der Waals surface area contributed by atoms with Crippen molar-refractivity contribution >= 4 is 33.4 Å². The number of benzene rings is 2. The van der Waals surface area contributed by atoms with Gasteiger partial charge < -0.3 is 5.11 Å². The van der Waals surface area contributed by atoms with Crippen LogP contribution in [0.2, 0.25) is 0 Å². The summed E-state index contributed by atoms with van der Waals surface area (Å²) in [5, 5.41) is 9.34. The molecule has 0 saturated heterocycles. The highest BCUT2D eigenvalue weighted by Gasteiger charge is 2.12. The zero-order valence-corrected chi connectivity index (χ0v) is 13.5. The SMILES string of the molecule is Cc1cc2nc3s/c(=C\c4ccc(O)cc4)c(=O)n3c2cc1C. The van der Waals surface area contributed by atoms with Crippen molar-refractivity contribution in [1.82, 2.24) is 9.38 Å². The Morgan fingerprint density at radius 1 is 1.13 bits per heavy atom. The number of rotatable bonds is 1. The van der Waals surface area contributed by atoms with Gasteiger partial charge in [0.05, 0.1) is 15.6 Å². The van der Waals surface area contributed by atoms with E-state index in [-0.39, 0.29) is 11.3 Å². The van der Waals surface area contributed by atoms with E-state index in [2.05, 4.69) is 4.98 Å². The molecule has 2 aromatic carbocycles. The first-order valence-electron chi connectivity index (χ1n) is 7.26. The molecule has 0 fully saturated rings. The lowest BCUT2D eigenvalue weighted by molar-refractivity contribution is 0.475. The van der Waals surface area contributed by atoms with Gasteiger partial charge in [-0.25, -0.2) is 9.38 Å². The van der Waals surface area contributed by atoms with E-state index >= 15 is 0 Å². The van der Waals surface area contributed by atoms with E-state index in [1.54, 1.807) is 28.7 Å². The number of aromatic hydroxyl groups is 1. The Morgan fingerprint density at radius 3 is 2.57 bits per heavy atom. The number of imidazole rings is 1. The van der Waals surface area contributed by atoms with Gasteiger partial charge in [0.2, 0.25) is 0 Å². The number of phenolic OH excluding ortho intramolecular Hbond substituents is 1. The summed E-state index contributed by atoms with van der Waals surface area (Å²) in [6.45, 7) is 4.08. The second kappa shape index (κ2) is 4.93. The van der Waals surface area contributed by atoms with E-state index in [1.807, 2.05) is 32.1 Å². The van der Waals surface area contributed by atoms with Crippen molar-refractivity contribution in [3.63, 3.8) is 0 Å². The Hall–Kier alpha value is -2.66. The van der Waals surface area contributed by atoms with Crippen molar-refractivity contribution in [1.29, 1.82) is 0 Å². The van der Waals surface area contributed by atoms with Crippen LogP contribution in [0.5, 0.6) is 5.75 Å². The number of hydrogen-bond acceptors (Lipinski definition) is 4. The molecule has 114 valence electrons. The van der Waals surface area contributed by atoms with Crippen LogP contribution < -0.4 is 10.1 Å². The second-order valence-electron chi connectivity index (χ2n) is 5.66. The van der Waals surface area contributed by atoms with Gasteiger partial charge in [0, 0.05) is 0 Å². The van der Waals surface area contributed by atoms with Crippen LogP contribution in [0.3, 0.4) is 0 Å². The third-order valence-corrected chi connectivity index (χ3v) is 5.01. The molecule has 0 aliphatic heterocycles. The largest absolute Gasteiger partial charge is 0.508 e. The number of aromatic nitrogens is 2. The molecule has 0 amide bonds. The van der Waals surface area contributed by atoms with E-state index in [0.29, 0.717) is 9.49 Å². The highest BCUT2D eigenvalue weighted by atomic mass is 32.1. The number of fused-ring (bicyclic) bond motifs is 3. The molecular weight excluding hydrogens is 308 g/mol. The van der Waals surface area contributed by atoms with E-state index in [0.717, 1.165) is 22.2 Å². The summed E-state index contributed by atoms with van der Waals surface area (Å²) in [4.78, 5) is 18.0. The van der Waals surface area contributed by atoms with Crippen molar-refractivity contribution in [3.8, 4) is 5.75 Å². The van der Waals surface area contributed by atoms with Crippen LogP contribution in [0.1, 0.15) is 16.7 Å². The van der Waals surface area contributed by atoms with Gasteiger partial charge in [-0.15, -0.1) is 0 Å². The topological polar surface area (TPSA) is 54.6 Å². The predicted molar refractivity (Wildman–Crippen MR) is 93.2 cm³/mol. The van der Waals surface area contributed by atoms with Crippen molar-refractivity contribution in [2.45, 2.75) is 13.8 Å². The average Bonchev–Trinajstić information content (AvgIpc) is 3.00. The lowest BCUT2D eigenvalue weighted by Crippen LogP contribution is -2.22. The summed E-state index contributed by atoms with van der Waals surface area (Å²) in [6, 6.07) is 10.8. The molecular formula is C18H14N2O2S. The first kappa shape index (κ1) is 14.0. The smallest absolute Gasteiger partial charge is 0.274 e. The molecule has 23 heavy (non-hydrogen) atoms. The van der Waals surface area contributed by atoms with Gasteiger partial charge in [-0.2, -0.15) is 0 Å². The lowest BCUT2D eigenvalue weighted by Gasteiger charge is -1.98. The molecule has 0 aliphatic rings. The van der Waals surface area contributed by atoms with Crippen LogP contribution in [0.25, 0.3) is 22.1 Å². The summed E-state index contributed by atoms with van der Waals surface area (Å²) in [5.41, 5.74) is 4.85. The fraction of sp³-hybridized carbons (Fsp3) is 0.111. The molecule has 0 atom stereocenters. The summed E-state index contributed by atoms with van der Waals surface area (Å²) < 4.78 is 2.32. The molecule has 5 heteroatoms. The van der Waals surface area contributed by atoms with Crippen LogP contribution in [0, 0.1) is 13.8 Å². The molecule has 0 aliphatic carbocycles. The Morgan fingerprint density at radius 2 is 1.83 bits per heavy atom. The summed E-state index contributed by atoms with van der Waals surface area (Å²) >= 11 is 1.38. The number of thiazole rings is 1. The minimum atomic E-state index is -0.0520. The van der Waals surface area contributed by atoms with Crippen LogP contribution in [-0.4, -0.2) is 14.5 Å². The van der Waals surface area contributed by atoms with E-state index < -0.39 is 0 Å². The number of hydrogen-bond donors (Lipinski definition) is 1. The number of aryl methyl sites for hydroxylation is 2. The normalized spacial score (nSPS) is 12.5.